The highest BCUT2D eigenvalue weighted by atomic mass is 19.1. The van der Waals surface area contributed by atoms with Crippen LogP contribution in [0, 0.1) is 11.7 Å². The van der Waals surface area contributed by atoms with Crippen LogP contribution >= 0.6 is 0 Å². The predicted molar refractivity (Wildman–Crippen MR) is 71.6 cm³/mol. The molecule has 2 rings (SSSR count). The van der Waals surface area contributed by atoms with Gasteiger partial charge in [-0.25, -0.2) is 4.39 Å². The Morgan fingerprint density at radius 3 is 2.72 bits per heavy atom. The second kappa shape index (κ2) is 5.70. The van der Waals surface area contributed by atoms with Gasteiger partial charge in [0.2, 0.25) is 0 Å². The molecule has 1 aliphatic carbocycles. The van der Waals surface area contributed by atoms with Crippen LogP contribution in [0.5, 0.6) is 5.75 Å². The van der Waals surface area contributed by atoms with Gasteiger partial charge in [-0.2, -0.15) is 0 Å². The molecule has 0 aliphatic heterocycles. The van der Waals surface area contributed by atoms with Gasteiger partial charge in [-0.3, -0.25) is 0 Å². The minimum Gasteiger partial charge on any atom is -0.496 e. The lowest BCUT2D eigenvalue weighted by molar-refractivity contribution is 0.387. The maximum absolute atomic E-state index is 13.4. The molecule has 2 atom stereocenters. The lowest BCUT2D eigenvalue weighted by Gasteiger charge is -2.22. The molecule has 0 radical (unpaired) electrons. The summed E-state index contributed by atoms with van der Waals surface area (Å²) in [6.45, 7) is 5.31. The number of methoxy groups -OCH3 is 1. The Morgan fingerprint density at radius 1 is 1.39 bits per heavy atom. The van der Waals surface area contributed by atoms with Crippen LogP contribution in [-0.2, 0) is 0 Å². The van der Waals surface area contributed by atoms with E-state index in [0.717, 1.165) is 17.9 Å². The summed E-state index contributed by atoms with van der Waals surface area (Å²) in [5.41, 5.74) is 0.961. The summed E-state index contributed by atoms with van der Waals surface area (Å²) in [6.07, 6.45) is 2.59. The fourth-order valence-corrected chi connectivity index (χ4v) is 2.18. The Balaban J connectivity index is 2.05. The van der Waals surface area contributed by atoms with Crippen molar-refractivity contribution < 1.29 is 9.13 Å². The van der Waals surface area contributed by atoms with Crippen molar-refractivity contribution in [2.45, 2.75) is 38.6 Å². The molecular formula is C15H22FNO. The topological polar surface area (TPSA) is 21.3 Å². The lowest BCUT2D eigenvalue weighted by Crippen LogP contribution is -2.26. The molecule has 0 bridgehead atoms. The van der Waals surface area contributed by atoms with Gasteiger partial charge in [-0.1, -0.05) is 13.8 Å². The largest absolute Gasteiger partial charge is 0.496 e. The highest BCUT2D eigenvalue weighted by molar-refractivity contribution is 5.36. The highest BCUT2D eigenvalue weighted by Gasteiger charge is 2.24. The third kappa shape index (κ3) is 3.22. The third-order valence-electron chi connectivity index (χ3n) is 3.84. The van der Waals surface area contributed by atoms with Crippen LogP contribution in [0.4, 0.5) is 4.39 Å². The smallest absolute Gasteiger partial charge is 0.123 e. The number of halogens is 1. The Morgan fingerprint density at radius 2 is 2.11 bits per heavy atom. The minimum absolute atomic E-state index is 0.194. The van der Waals surface area contributed by atoms with Gasteiger partial charge >= 0.3 is 0 Å². The molecule has 2 unspecified atom stereocenters. The Bertz CT molecular complexity index is 403. The van der Waals surface area contributed by atoms with Crippen molar-refractivity contribution >= 4 is 0 Å². The first-order valence-corrected chi connectivity index (χ1v) is 6.68. The molecule has 0 spiro atoms. The Labute approximate surface area is 109 Å². The first-order valence-electron chi connectivity index (χ1n) is 6.68. The zero-order valence-electron chi connectivity index (χ0n) is 11.4. The molecule has 3 heteroatoms. The van der Waals surface area contributed by atoms with Crippen LogP contribution in [0.1, 0.15) is 38.2 Å². The second-order valence-corrected chi connectivity index (χ2v) is 5.33. The monoisotopic (exact) mass is 251 g/mol. The van der Waals surface area contributed by atoms with Crippen molar-refractivity contribution in [3.8, 4) is 5.75 Å². The van der Waals surface area contributed by atoms with Crippen LogP contribution in [0.2, 0.25) is 0 Å². The molecule has 1 fully saturated rings. The van der Waals surface area contributed by atoms with Gasteiger partial charge in [0.15, 0.2) is 0 Å². The van der Waals surface area contributed by atoms with E-state index < -0.39 is 0 Å². The number of ether oxygens (including phenoxy) is 1. The summed E-state index contributed by atoms with van der Waals surface area (Å²) in [5.74, 6) is 1.32. The minimum atomic E-state index is -0.194. The van der Waals surface area contributed by atoms with E-state index in [9.17, 15) is 4.39 Å². The molecule has 1 aromatic rings. The molecular weight excluding hydrogens is 229 g/mol. The number of hydrogen-bond acceptors (Lipinski definition) is 2. The van der Waals surface area contributed by atoms with Crippen LogP contribution in [0.25, 0.3) is 0 Å². The van der Waals surface area contributed by atoms with E-state index in [2.05, 4.69) is 19.2 Å². The number of nitrogens with one attached hydrogen (secondary N) is 1. The van der Waals surface area contributed by atoms with Crippen molar-refractivity contribution in [3.05, 3.63) is 29.6 Å². The zero-order chi connectivity index (χ0) is 13.1. The standard InChI is InChI=1S/C15H22FNO/c1-10(9-17-13-5-6-13)11(2)14-8-12(16)4-7-15(14)18-3/h4,7-8,10-11,13,17H,5-6,9H2,1-3H3. The maximum atomic E-state index is 13.4. The van der Waals surface area contributed by atoms with E-state index in [1.165, 1.54) is 18.9 Å². The van der Waals surface area contributed by atoms with E-state index in [1.807, 2.05) is 0 Å². The normalized spacial score (nSPS) is 18.4. The summed E-state index contributed by atoms with van der Waals surface area (Å²) >= 11 is 0. The SMILES string of the molecule is COc1ccc(F)cc1C(C)C(C)CNC1CC1. The van der Waals surface area contributed by atoms with Crippen molar-refractivity contribution in [2.24, 2.45) is 5.92 Å². The van der Waals surface area contributed by atoms with Gasteiger partial charge in [0, 0.05) is 11.6 Å². The van der Waals surface area contributed by atoms with Crippen molar-refractivity contribution in [1.82, 2.24) is 5.32 Å². The molecule has 0 amide bonds. The van der Waals surface area contributed by atoms with Crippen molar-refractivity contribution in [2.75, 3.05) is 13.7 Å². The molecule has 1 N–H and O–H groups in total. The van der Waals surface area contributed by atoms with E-state index in [-0.39, 0.29) is 11.7 Å². The molecule has 0 saturated heterocycles. The average molecular weight is 251 g/mol. The number of hydrogen-bond donors (Lipinski definition) is 1. The fourth-order valence-electron chi connectivity index (χ4n) is 2.18. The average Bonchev–Trinajstić information content (AvgIpc) is 3.19. The predicted octanol–water partition coefficient (Wildman–Crippen LogP) is 3.33. The van der Waals surface area contributed by atoms with E-state index in [4.69, 9.17) is 4.74 Å². The van der Waals surface area contributed by atoms with Crippen LogP contribution < -0.4 is 10.1 Å². The summed E-state index contributed by atoms with van der Waals surface area (Å²) in [7, 11) is 1.64. The highest BCUT2D eigenvalue weighted by Crippen LogP contribution is 2.32. The molecule has 0 heterocycles. The van der Waals surface area contributed by atoms with E-state index in [1.54, 1.807) is 19.2 Å². The van der Waals surface area contributed by atoms with Gasteiger partial charge in [0.05, 0.1) is 7.11 Å². The Hall–Kier alpha value is -1.09. The van der Waals surface area contributed by atoms with E-state index in [0.29, 0.717) is 12.0 Å². The van der Waals surface area contributed by atoms with Gasteiger partial charge in [0.1, 0.15) is 11.6 Å². The number of benzene rings is 1. The summed E-state index contributed by atoms with van der Waals surface area (Å²) in [4.78, 5) is 0. The summed E-state index contributed by atoms with van der Waals surface area (Å²) < 4.78 is 18.7. The Kier molecular flexibility index (Phi) is 4.23. The third-order valence-corrected chi connectivity index (χ3v) is 3.84. The quantitative estimate of drug-likeness (QED) is 0.837. The van der Waals surface area contributed by atoms with Crippen molar-refractivity contribution in [3.63, 3.8) is 0 Å². The molecule has 18 heavy (non-hydrogen) atoms. The van der Waals surface area contributed by atoms with Gasteiger partial charge < -0.3 is 10.1 Å². The second-order valence-electron chi connectivity index (χ2n) is 5.33. The first-order chi connectivity index (χ1) is 8.61. The van der Waals surface area contributed by atoms with Gasteiger partial charge in [-0.15, -0.1) is 0 Å². The maximum Gasteiger partial charge on any atom is 0.123 e. The van der Waals surface area contributed by atoms with Crippen LogP contribution in [-0.4, -0.2) is 19.7 Å². The molecule has 1 aromatic carbocycles. The van der Waals surface area contributed by atoms with Crippen molar-refractivity contribution in [1.29, 1.82) is 0 Å². The zero-order valence-corrected chi connectivity index (χ0v) is 11.4. The van der Waals surface area contributed by atoms with Gasteiger partial charge in [-0.05, 0) is 49.4 Å². The molecule has 1 saturated carbocycles. The summed E-state index contributed by atoms with van der Waals surface area (Å²) in [6, 6.07) is 5.47. The van der Waals surface area contributed by atoms with Gasteiger partial charge in [0.25, 0.3) is 0 Å². The lowest BCUT2D eigenvalue weighted by atomic mass is 9.88. The first kappa shape index (κ1) is 13.3. The molecule has 0 aromatic heterocycles. The molecule has 2 nitrogen and oxygen atoms in total. The summed E-state index contributed by atoms with van der Waals surface area (Å²) in [5, 5.41) is 3.52. The molecule has 100 valence electrons. The number of rotatable bonds is 6. The van der Waals surface area contributed by atoms with Crippen LogP contribution in [0.15, 0.2) is 18.2 Å². The fraction of sp³-hybridized carbons (Fsp3) is 0.600. The van der Waals surface area contributed by atoms with Crippen LogP contribution in [0.3, 0.4) is 0 Å². The molecule has 1 aliphatic rings. The van der Waals surface area contributed by atoms with E-state index >= 15 is 0 Å².